The van der Waals surface area contributed by atoms with Crippen LogP contribution >= 0.6 is 0 Å². The highest BCUT2D eigenvalue weighted by Crippen LogP contribution is 2.29. The first-order valence-corrected chi connectivity index (χ1v) is 11.5. The molecule has 1 aliphatic carbocycles. The van der Waals surface area contributed by atoms with Gasteiger partial charge in [-0.2, -0.15) is 5.10 Å². The first kappa shape index (κ1) is 20.8. The Balaban J connectivity index is 1.38. The van der Waals surface area contributed by atoms with Crippen molar-refractivity contribution in [2.24, 2.45) is 0 Å². The van der Waals surface area contributed by atoms with Gasteiger partial charge in [-0.1, -0.05) is 12.8 Å². The second-order valence-electron chi connectivity index (χ2n) is 8.71. The largest absolute Gasteiger partial charge is 0.391 e. The maximum Gasteiger partial charge on any atom is 0.267 e. The van der Waals surface area contributed by atoms with Crippen molar-refractivity contribution in [1.82, 2.24) is 24.7 Å². The van der Waals surface area contributed by atoms with E-state index in [-0.39, 0.29) is 17.6 Å². The molecule has 0 amide bonds. The minimum absolute atomic E-state index is 0.147. The van der Waals surface area contributed by atoms with E-state index in [0.717, 1.165) is 68.5 Å². The Bertz CT molecular complexity index is 1130. The van der Waals surface area contributed by atoms with Gasteiger partial charge in [0.05, 0.1) is 17.5 Å². The molecule has 5 rings (SSSR count). The summed E-state index contributed by atoms with van der Waals surface area (Å²) in [6, 6.07) is 7.24. The van der Waals surface area contributed by atoms with Gasteiger partial charge in [0.25, 0.3) is 5.56 Å². The molecular formula is C23H29N7O2. The number of aromatic nitrogens is 5. The number of nitrogens with one attached hydrogen (secondary N) is 1. The van der Waals surface area contributed by atoms with Crippen LogP contribution in [0.2, 0.25) is 0 Å². The van der Waals surface area contributed by atoms with Crippen molar-refractivity contribution in [3.8, 4) is 0 Å². The predicted molar refractivity (Wildman–Crippen MR) is 123 cm³/mol. The molecule has 2 N–H and O–H groups in total. The molecule has 3 atom stereocenters. The molecule has 0 spiro atoms. The van der Waals surface area contributed by atoms with E-state index in [2.05, 4.69) is 25.2 Å². The van der Waals surface area contributed by atoms with Gasteiger partial charge in [-0.15, -0.1) is 0 Å². The van der Waals surface area contributed by atoms with E-state index in [0.29, 0.717) is 12.2 Å². The van der Waals surface area contributed by atoms with E-state index in [1.54, 1.807) is 12.3 Å². The predicted octanol–water partition coefficient (Wildman–Crippen LogP) is 2.53. The molecule has 9 nitrogen and oxygen atoms in total. The smallest absolute Gasteiger partial charge is 0.267 e. The van der Waals surface area contributed by atoms with Crippen molar-refractivity contribution in [3.05, 3.63) is 47.1 Å². The normalized spacial score (nSPS) is 23.9. The van der Waals surface area contributed by atoms with Crippen LogP contribution in [0.4, 0.5) is 11.6 Å². The van der Waals surface area contributed by atoms with Crippen molar-refractivity contribution in [1.29, 1.82) is 0 Å². The lowest BCUT2D eigenvalue weighted by atomic mass is 9.93. The average molecular weight is 436 g/mol. The van der Waals surface area contributed by atoms with E-state index in [9.17, 15) is 9.90 Å². The molecule has 1 aliphatic heterocycles. The molecule has 1 saturated carbocycles. The maximum absolute atomic E-state index is 12.6. The summed E-state index contributed by atoms with van der Waals surface area (Å²) in [5.74, 6) is 1.57. The van der Waals surface area contributed by atoms with Gasteiger partial charge in [0.15, 0.2) is 5.65 Å². The number of aliphatic hydroxyl groups is 1. The summed E-state index contributed by atoms with van der Waals surface area (Å²) in [7, 11) is 0. The highest BCUT2D eigenvalue weighted by Gasteiger charge is 2.29. The zero-order valence-electron chi connectivity index (χ0n) is 18.1. The Morgan fingerprint density at radius 3 is 2.81 bits per heavy atom. The van der Waals surface area contributed by atoms with Crippen LogP contribution in [0.1, 0.15) is 51.0 Å². The third kappa shape index (κ3) is 4.17. The zero-order chi connectivity index (χ0) is 21.9. The molecule has 0 aromatic carbocycles. The van der Waals surface area contributed by atoms with Gasteiger partial charge in [-0.3, -0.25) is 4.79 Å². The number of piperidine rings is 1. The monoisotopic (exact) mass is 435 g/mol. The van der Waals surface area contributed by atoms with Gasteiger partial charge >= 0.3 is 0 Å². The average Bonchev–Trinajstić information content (AvgIpc) is 2.84. The fraction of sp³-hybridized carbons (Fsp3) is 0.522. The summed E-state index contributed by atoms with van der Waals surface area (Å²) >= 11 is 0. The van der Waals surface area contributed by atoms with Gasteiger partial charge < -0.3 is 15.3 Å². The summed E-state index contributed by atoms with van der Waals surface area (Å²) in [5.41, 5.74) is 0.525. The van der Waals surface area contributed by atoms with Crippen LogP contribution in [0.25, 0.3) is 11.0 Å². The number of pyridine rings is 1. The van der Waals surface area contributed by atoms with Gasteiger partial charge in [0.2, 0.25) is 0 Å². The first-order chi connectivity index (χ1) is 15.7. The van der Waals surface area contributed by atoms with Crippen molar-refractivity contribution in [3.63, 3.8) is 0 Å². The Morgan fingerprint density at radius 2 is 1.91 bits per heavy atom. The second-order valence-corrected chi connectivity index (χ2v) is 8.71. The molecule has 0 radical (unpaired) electrons. The quantitative estimate of drug-likeness (QED) is 0.629. The Kier molecular flexibility index (Phi) is 5.98. The second kappa shape index (κ2) is 9.20. The van der Waals surface area contributed by atoms with E-state index in [1.165, 1.54) is 11.0 Å². The molecule has 1 saturated heterocycles. The Morgan fingerprint density at radius 1 is 1.03 bits per heavy atom. The lowest BCUT2D eigenvalue weighted by molar-refractivity contribution is 0.0669. The van der Waals surface area contributed by atoms with Crippen LogP contribution in [0.3, 0.4) is 0 Å². The van der Waals surface area contributed by atoms with Gasteiger partial charge in [0.1, 0.15) is 18.0 Å². The Labute approximate surface area is 186 Å². The van der Waals surface area contributed by atoms with Crippen LogP contribution in [0.5, 0.6) is 0 Å². The number of rotatable bonds is 5. The zero-order valence-corrected chi connectivity index (χ0v) is 18.1. The molecule has 4 heterocycles. The molecular weight excluding hydrogens is 406 g/mol. The van der Waals surface area contributed by atoms with Gasteiger partial charge in [-0.05, 0) is 50.3 Å². The maximum atomic E-state index is 12.6. The SMILES string of the molecule is O=c1ccc(N2CCCCC2CNc2ncnc3ncccc23)nn1C1CCCCC1O. The van der Waals surface area contributed by atoms with E-state index >= 15 is 0 Å². The minimum Gasteiger partial charge on any atom is -0.391 e. The summed E-state index contributed by atoms with van der Waals surface area (Å²) in [4.78, 5) is 27.8. The number of aliphatic hydroxyl groups excluding tert-OH is 1. The molecule has 9 heteroatoms. The highest BCUT2D eigenvalue weighted by atomic mass is 16.3. The van der Waals surface area contributed by atoms with Crippen molar-refractivity contribution in [2.45, 2.75) is 63.1 Å². The van der Waals surface area contributed by atoms with Gasteiger partial charge in [0, 0.05) is 31.4 Å². The lowest BCUT2D eigenvalue weighted by Gasteiger charge is -2.37. The van der Waals surface area contributed by atoms with E-state index < -0.39 is 6.10 Å². The molecule has 2 fully saturated rings. The van der Waals surface area contributed by atoms with E-state index in [1.807, 2.05) is 18.2 Å². The number of anilines is 2. The van der Waals surface area contributed by atoms with Gasteiger partial charge in [-0.25, -0.2) is 19.6 Å². The third-order valence-electron chi connectivity index (χ3n) is 6.65. The van der Waals surface area contributed by atoms with Crippen LogP contribution in [0, 0.1) is 0 Å². The standard InChI is InChI=1S/C23H29N7O2/c31-19-9-2-1-8-18(19)30-21(32)11-10-20(28-30)29-13-4-3-6-16(29)14-25-23-17-7-5-12-24-22(17)26-15-27-23/h5,7,10-12,15-16,18-19,31H,1-4,6,8-9,13-14H2,(H,24,25,26,27). The molecule has 0 bridgehead atoms. The number of hydrogen-bond donors (Lipinski definition) is 2. The number of fused-ring (bicyclic) bond motifs is 1. The molecule has 2 aliphatic rings. The highest BCUT2D eigenvalue weighted by molar-refractivity contribution is 5.85. The number of hydrogen-bond acceptors (Lipinski definition) is 8. The van der Waals surface area contributed by atoms with Crippen LogP contribution in [0.15, 0.2) is 41.6 Å². The van der Waals surface area contributed by atoms with Crippen molar-refractivity contribution >= 4 is 22.7 Å². The fourth-order valence-corrected chi connectivity index (χ4v) is 4.95. The molecule has 168 valence electrons. The molecule has 3 unspecified atom stereocenters. The van der Waals surface area contributed by atoms with Crippen molar-refractivity contribution < 1.29 is 5.11 Å². The lowest BCUT2D eigenvalue weighted by Crippen LogP contribution is -2.45. The van der Waals surface area contributed by atoms with Crippen molar-refractivity contribution in [2.75, 3.05) is 23.3 Å². The van der Waals surface area contributed by atoms with Crippen LogP contribution < -0.4 is 15.8 Å². The summed E-state index contributed by atoms with van der Waals surface area (Å²) in [5, 5.41) is 19.6. The Hall–Kier alpha value is -3.07. The molecule has 32 heavy (non-hydrogen) atoms. The van der Waals surface area contributed by atoms with Crippen LogP contribution in [-0.4, -0.2) is 55.1 Å². The number of nitrogens with zero attached hydrogens (tertiary/aromatic N) is 6. The fourth-order valence-electron chi connectivity index (χ4n) is 4.95. The van der Waals surface area contributed by atoms with Crippen LogP contribution in [-0.2, 0) is 0 Å². The summed E-state index contributed by atoms with van der Waals surface area (Å²) in [6.45, 7) is 1.59. The van der Waals surface area contributed by atoms with E-state index in [4.69, 9.17) is 5.10 Å². The molecule has 3 aromatic heterocycles. The minimum atomic E-state index is -0.511. The topological polar surface area (TPSA) is 109 Å². The summed E-state index contributed by atoms with van der Waals surface area (Å²) < 4.78 is 1.52. The first-order valence-electron chi connectivity index (χ1n) is 11.5. The molecule has 3 aromatic rings. The summed E-state index contributed by atoms with van der Waals surface area (Å²) in [6.07, 6.45) is 9.54. The third-order valence-corrected chi connectivity index (χ3v) is 6.65.